The number of rotatable bonds is 8. The quantitative estimate of drug-likeness (QED) is 0.527. The Morgan fingerprint density at radius 3 is 2.40 bits per heavy atom. The van der Waals surface area contributed by atoms with E-state index < -0.39 is 17.8 Å². The van der Waals surface area contributed by atoms with Gasteiger partial charge in [-0.25, -0.2) is 14.6 Å². The number of thioether (sulfide) groups is 1. The van der Waals surface area contributed by atoms with Crippen LogP contribution in [0, 0.1) is 6.92 Å². The molecule has 0 unspecified atom stereocenters. The van der Waals surface area contributed by atoms with Gasteiger partial charge in [0, 0.05) is 11.1 Å². The Kier molecular flexibility index (Phi) is 8.86. The minimum Gasteiger partial charge on any atom is -0.506 e. The fourth-order valence-corrected chi connectivity index (χ4v) is 4.17. The van der Waals surface area contributed by atoms with E-state index in [4.69, 9.17) is 14.2 Å². The molecule has 8 nitrogen and oxygen atoms in total. The summed E-state index contributed by atoms with van der Waals surface area (Å²) >= 11 is 0.964. The number of aryl methyl sites for hydroxylation is 1. The minimum atomic E-state index is -0.788. The molecule has 1 amide bonds. The van der Waals surface area contributed by atoms with Gasteiger partial charge in [0.25, 0.3) is 5.91 Å². The van der Waals surface area contributed by atoms with E-state index >= 15 is 0 Å². The van der Waals surface area contributed by atoms with Crippen LogP contribution < -0.4 is 4.74 Å². The lowest BCUT2D eigenvalue weighted by atomic mass is 10.1. The monoisotopic (exact) mass is 495 g/mol. The minimum absolute atomic E-state index is 0.0328. The van der Waals surface area contributed by atoms with E-state index in [9.17, 15) is 19.5 Å². The number of carbonyl (C=O) groups is 3. The maximum Gasteiger partial charge on any atom is 0.344 e. The average Bonchev–Trinajstić information content (AvgIpc) is 3.13. The first-order chi connectivity index (χ1) is 16.8. The number of carbonyl (C=O) groups excluding carboxylic acids is 3. The Labute approximate surface area is 207 Å². The number of para-hydroxylation sites is 1. The fourth-order valence-electron chi connectivity index (χ4n) is 3.17. The zero-order chi connectivity index (χ0) is 25.4. The second-order valence-corrected chi connectivity index (χ2v) is 8.25. The highest BCUT2D eigenvalue weighted by molar-refractivity contribution is 8.18. The molecule has 3 rings (SSSR count). The summed E-state index contributed by atoms with van der Waals surface area (Å²) in [5.41, 5.74) is 1.48. The molecule has 2 aromatic carbocycles. The number of aliphatic hydroxyl groups excluding tert-OH is 1. The number of aliphatic hydroxyl groups is 1. The first-order valence-electron chi connectivity index (χ1n) is 10.9. The zero-order valence-electron chi connectivity index (χ0n) is 19.6. The molecule has 35 heavy (non-hydrogen) atoms. The number of esters is 2. The van der Waals surface area contributed by atoms with Gasteiger partial charge in [-0.05, 0) is 44.5 Å². The van der Waals surface area contributed by atoms with E-state index in [-0.39, 0.29) is 41.1 Å². The molecule has 0 aromatic heterocycles. The predicted molar refractivity (Wildman–Crippen MR) is 133 cm³/mol. The number of benzene rings is 2. The van der Waals surface area contributed by atoms with Gasteiger partial charge in [0.15, 0.2) is 6.61 Å². The van der Waals surface area contributed by atoms with Crippen LogP contribution in [0.1, 0.15) is 35.3 Å². The fraction of sp³-hybridized carbons (Fsp3) is 0.231. The second-order valence-electron chi connectivity index (χ2n) is 7.22. The van der Waals surface area contributed by atoms with Crippen molar-refractivity contribution in [2.45, 2.75) is 20.8 Å². The largest absolute Gasteiger partial charge is 0.506 e. The lowest BCUT2D eigenvalue weighted by molar-refractivity contribution is -0.145. The molecule has 1 N–H and O–H groups in total. The molecule has 0 fully saturated rings. The summed E-state index contributed by atoms with van der Waals surface area (Å²) in [6.07, 6.45) is 1.58. The van der Waals surface area contributed by atoms with E-state index in [2.05, 4.69) is 4.99 Å². The van der Waals surface area contributed by atoms with Gasteiger partial charge in [-0.15, -0.1) is 0 Å². The molecular formula is C26H25NO7S. The van der Waals surface area contributed by atoms with E-state index in [0.717, 1.165) is 17.3 Å². The van der Waals surface area contributed by atoms with Crippen LogP contribution in [0.5, 0.6) is 5.75 Å². The van der Waals surface area contributed by atoms with Crippen molar-refractivity contribution in [3.05, 3.63) is 81.5 Å². The SMILES string of the molecule is CCOC(=O)COc1ccccc1/C=C1\SC(=NC(=O)c2ccccc2C)C(C(=O)OCC)=C1O. The number of hydrogen-bond acceptors (Lipinski definition) is 8. The predicted octanol–water partition coefficient (Wildman–Crippen LogP) is 4.64. The molecule has 0 atom stereocenters. The molecular weight excluding hydrogens is 470 g/mol. The lowest BCUT2D eigenvalue weighted by Gasteiger charge is -2.09. The second kappa shape index (κ2) is 12.0. The normalized spacial score (nSPS) is 15.4. The number of ether oxygens (including phenoxy) is 3. The smallest absolute Gasteiger partial charge is 0.344 e. The third-order valence-corrected chi connectivity index (χ3v) is 5.83. The van der Waals surface area contributed by atoms with Crippen LogP contribution in [0.2, 0.25) is 0 Å². The van der Waals surface area contributed by atoms with Crippen LogP contribution in [0.4, 0.5) is 0 Å². The molecule has 0 aliphatic carbocycles. The molecule has 2 aromatic rings. The van der Waals surface area contributed by atoms with Crippen LogP contribution in [0.25, 0.3) is 6.08 Å². The van der Waals surface area contributed by atoms with E-state index in [1.54, 1.807) is 69.3 Å². The van der Waals surface area contributed by atoms with Crippen molar-refractivity contribution in [2.24, 2.45) is 4.99 Å². The molecule has 1 aliphatic heterocycles. The summed E-state index contributed by atoms with van der Waals surface area (Å²) in [5.74, 6) is -1.82. The van der Waals surface area contributed by atoms with Crippen molar-refractivity contribution in [3.8, 4) is 5.75 Å². The number of aliphatic imine (C=N–C) groups is 1. The molecule has 0 saturated carbocycles. The average molecular weight is 496 g/mol. The summed E-state index contributed by atoms with van der Waals surface area (Å²) in [5, 5.41) is 10.9. The van der Waals surface area contributed by atoms with Crippen molar-refractivity contribution in [2.75, 3.05) is 19.8 Å². The van der Waals surface area contributed by atoms with Crippen molar-refractivity contribution >= 4 is 40.7 Å². The van der Waals surface area contributed by atoms with E-state index in [0.29, 0.717) is 16.9 Å². The van der Waals surface area contributed by atoms with Gasteiger partial charge in [-0.3, -0.25) is 4.79 Å². The number of nitrogens with zero attached hydrogens (tertiary/aromatic N) is 1. The van der Waals surface area contributed by atoms with Crippen LogP contribution >= 0.6 is 11.8 Å². The number of hydrogen-bond donors (Lipinski definition) is 1. The molecule has 1 aliphatic rings. The summed E-state index contributed by atoms with van der Waals surface area (Å²) in [4.78, 5) is 41.5. The first-order valence-corrected chi connectivity index (χ1v) is 11.7. The van der Waals surface area contributed by atoms with E-state index in [1.807, 2.05) is 6.07 Å². The lowest BCUT2D eigenvalue weighted by Crippen LogP contribution is -2.14. The number of amides is 1. The molecule has 0 bridgehead atoms. The summed E-state index contributed by atoms with van der Waals surface area (Å²) < 4.78 is 15.5. The van der Waals surface area contributed by atoms with Crippen molar-refractivity contribution in [1.82, 2.24) is 0 Å². The van der Waals surface area contributed by atoms with Crippen LogP contribution in [-0.4, -0.2) is 47.8 Å². The van der Waals surface area contributed by atoms with Gasteiger partial charge in [0.2, 0.25) is 0 Å². The topological polar surface area (TPSA) is 111 Å². The van der Waals surface area contributed by atoms with Gasteiger partial charge < -0.3 is 19.3 Å². The molecule has 9 heteroatoms. The summed E-state index contributed by atoms with van der Waals surface area (Å²) in [7, 11) is 0. The van der Waals surface area contributed by atoms with Crippen molar-refractivity contribution < 1.29 is 33.7 Å². The van der Waals surface area contributed by atoms with Crippen molar-refractivity contribution in [3.63, 3.8) is 0 Å². The maximum absolute atomic E-state index is 12.8. The van der Waals surface area contributed by atoms with Gasteiger partial charge in [0.1, 0.15) is 22.1 Å². The highest BCUT2D eigenvalue weighted by Crippen LogP contribution is 2.40. The van der Waals surface area contributed by atoms with Crippen LogP contribution in [-0.2, 0) is 19.1 Å². The molecule has 0 radical (unpaired) electrons. The van der Waals surface area contributed by atoms with Gasteiger partial charge >= 0.3 is 11.9 Å². The highest BCUT2D eigenvalue weighted by Gasteiger charge is 2.34. The van der Waals surface area contributed by atoms with E-state index in [1.165, 1.54) is 0 Å². The summed E-state index contributed by atoms with van der Waals surface area (Å²) in [6, 6.07) is 13.8. The van der Waals surface area contributed by atoms with Crippen LogP contribution in [0.3, 0.4) is 0 Å². The highest BCUT2D eigenvalue weighted by atomic mass is 32.2. The standard InChI is InChI=1S/C26H25NO7S/c1-4-32-21(28)15-34-19-13-9-7-11-17(19)14-20-23(29)22(26(31)33-5-2)25(35-20)27-24(30)18-12-8-6-10-16(18)3/h6-14,29H,4-5,15H2,1-3H3/b20-14-,27-25?. The van der Waals surface area contributed by atoms with Gasteiger partial charge in [-0.2, -0.15) is 0 Å². The Hall–Kier alpha value is -3.85. The zero-order valence-corrected chi connectivity index (χ0v) is 20.4. The first kappa shape index (κ1) is 25.8. The molecule has 182 valence electrons. The molecule has 0 spiro atoms. The Morgan fingerprint density at radius 2 is 1.69 bits per heavy atom. The maximum atomic E-state index is 12.8. The third kappa shape index (κ3) is 6.39. The Balaban J connectivity index is 1.97. The third-order valence-electron chi connectivity index (χ3n) is 4.81. The Bertz CT molecular complexity index is 1230. The van der Waals surface area contributed by atoms with Crippen molar-refractivity contribution in [1.29, 1.82) is 0 Å². The van der Waals surface area contributed by atoms with Gasteiger partial charge in [0.05, 0.1) is 18.1 Å². The summed E-state index contributed by atoms with van der Waals surface area (Å²) in [6.45, 7) is 5.17. The molecule has 1 heterocycles. The Morgan fingerprint density at radius 1 is 1.00 bits per heavy atom. The van der Waals surface area contributed by atoms with Crippen LogP contribution in [0.15, 0.2) is 69.8 Å². The van der Waals surface area contributed by atoms with Gasteiger partial charge in [-0.1, -0.05) is 48.2 Å². The molecule has 0 saturated heterocycles.